The number of benzene rings is 1. The number of rotatable bonds is 4. The number of anilines is 1. The van der Waals surface area contributed by atoms with Crippen molar-refractivity contribution in [2.45, 2.75) is 64.0 Å². The number of amides is 3. The van der Waals surface area contributed by atoms with Crippen molar-refractivity contribution in [3.63, 3.8) is 0 Å². The van der Waals surface area contributed by atoms with Crippen LogP contribution in [0.2, 0.25) is 0 Å². The Bertz CT molecular complexity index is 939. The van der Waals surface area contributed by atoms with Gasteiger partial charge in [0.1, 0.15) is 0 Å². The summed E-state index contributed by atoms with van der Waals surface area (Å²) in [4.78, 5) is 27.9. The van der Waals surface area contributed by atoms with Crippen molar-refractivity contribution >= 4 is 17.6 Å². The van der Waals surface area contributed by atoms with E-state index >= 15 is 0 Å². The molecular weight excluding hydrogens is 483 g/mol. The van der Waals surface area contributed by atoms with Gasteiger partial charge >= 0.3 is 18.4 Å². The zero-order valence-electron chi connectivity index (χ0n) is 19.5. The third-order valence-corrected chi connectivity index (χ3v) is 7.11. The Morgan fingerprint density at radius 3 is 1.97 bits per heavy atom. The number of halogens is 7. The van der Waals surface area contributed by atoms with E-state index in [1.165, 1.54) is 4.90 Å². The summed E-state index contributed by atoms with van der Waals surface area (Å²) in [5.74, 6) is -0.938. The molecule has 12 heteroatoms. The molecule has 3 rings (SSSR count). The molecule has 2 saturated heterocycles. The molecule has 0 aliphatic carbocycles. The van der Waals surface area contributed by atoms with Crippen LogP contribution in [0.5, 0.6) is 0 Å². The molecule has 2 aliphatic rings. The van der Waals surface area contributed by atoms with Gasteiger partial charge in [-0.25, -0.2) is 9.18 Å². The van der Waals surface area contributed by atoms with Crippen LogP contribution in [0.1, 0.15) is 43.2 Å². The van der Waals surface area contributed by atoms with Gasteiger partial charge in [-0.1, -0.05) is 17.7 Å². The molecule has 35 heavy (non-hydrogen) atoms. The number of aryl methyl sites for hydroxylation is 2. The molecule has 0 unspecified atom stereocenters. The number of nitrogens with one attached hydrogen (secondary N) is 1. The van der Waals surface area contributed by atoms with Crippen molar-refractivity contribution in [2.24, 2.45) is 5.41 Å². The molecule has 0 aromatic heterocycles. The predicted octanol–water partition coefficient (Wildman–Crippen LogP) is 5.76. The van der Waals surface area contributed by atoms with Gasteiger partial charge in [0, 0.05) is 44.7 Å². The summed E-state index contributed by atoms with van der Waals surface area (Å²) in [5, 5.41) is 2.87. The molecule has 0 atom stereocenters. The standard InChI is InChI=1S/C23H28F7N3O2/c1-15-3-4-17(16(2)13-15)31-19(35)32-10-7-20(8-11-32)9-12-33(14-20)18(34)5-6-21(24,22(25,26)27)23(28,29)30/h3-4,13H,5-12,14H2,1-2H3,(H,31,35). The minimum atomic E-state index is -6.16. The Morgan fingerprint density at radius 1 is 0.914 bits per heavy atom. The summed E-state index contributed by atoms with van der Waals surface area (Å²) in [6.07, 6.45) is -13.9. The van der Waals surface area contributed by atoms with E-state index < -0.39 is 36.8 Å². The lowest BCUT2D eigenvalue weighted by Crippen LogP contribution is -2.53. The first-order valence-corrected chi connectivity index (χ1v) is 11.3. The van der Waals surface area contributed by atoms with Crippen LogP contribution in [0.4, 0.5) is 41.2 Å². The van der Waals surface area contributed by atoms with Crippen LogP contribution in [0, 0.1) is 19.3 Å². The van der Waals surface area contributed by atoms with Gasteiger partial charge in [0.05, 0.1) is 0 Å². The van der Waals surface area contributed by atoms with Crippen LogP contribution < -0.4 is 5.32 Å². The molecule has 196 valence electrons. The molecule has 0 radical (unpaired) electrons. The molecule has 0 bridgehead atoms. The fourth-order valence-electron chi connectivity index (χ4n) is 4.77. The largest absolute Gasteiger partial charge is 0.431 e. The minimum Gasteiger partial charge on any atom is -0.342 e. The summed E-state index contributed by atoms with van der Waals surface area (Å²) in [7, 11) is 0. The highest BCUT2D eigenvalue weighted by Gasteiger charge is 2.72. The molecule has 1 aromatic rings. The van der Waals surface area contributed by atoms with Crippen molar-refractivity contribution < 1.29 is 40.3 Å². The summed E-state index contributed by atoms with van der Waals surface area (Å²) in [6, 6.07) is 5.38. The first kappa shape index (κ1) is 27.1. The number of carbonyl (C=O) groups is 2. The number of nitrogens with zero attached hydrogens (tertiary/aromatic N) is 2. The van der Waals surface area contributed by atoms with Crippen LogP contribution in [0.3, 0.4) is 0 Å². The smallest absolute Gasteiger partial charge is 0.342 e. The molecular formula is C23H28F7N3O2. The van der Waals surface area contributed by atoms with Crippen molar-refractivity contribution in [3.05, 3.63) is 29.3 Å². The average molecular weight is 511 g/mol. The lowest BCUT2D eigenvalue weighted by molar-refractivity contribution is -0.343. The molecule has 3 amide bonds. The van der Waals surface area contributed by atoms with E-state index in [4.69, 9.17) is 0 Å². The number of piperidine rings is 1. The quantitative estimate of drug-likeness (QED) is 0.523. The lowest BCUT2D eigenvalue weighted by Gasteiger charge is -2.39. The van der Waals surface area contributed by atoms with Gasteiger partial charge in [0.25, 0.3) is 5.67 Å². The fourth-order valence-corrected chi connectivity index (χ4v) is 4.77. The Morgan fingerprint density at radius 2 is 1.46 bits per heavy atom. The van der Waals surface area contributed by atoms with Crippen LogP contribution in [-0.4, -0.2) is 65.9 Å². The Hall–Kier alpha value is -2.53. The first-order valence-electron chi connectivity index (χ1n) is 11.3. The Kier molecular flexibility index (Phi) is 7.34. The van der Waals surface area contributed by atoms with Gasteiger partial charge in [-0.15, -0.1) is 0 Å². The highest BCUT2D eigenvalue weighted by molar-refractivity contribution is 5.90. The van der Waals surface area contributed by atoms with E-state index in [1.807, 2.05) is 32.0 Å². The van der Waals surface area contributed by atoms with E-state index in [9.17, 15) is 40.3 Å². The van der Waals surface area contributed by atoms with Crippen molar-refractivity contribution in [2.75, 3.05) is 31.5 Å². The molecule has 2 fully saturated rings. The Balaban J connectivity index is 1.53. The van der Waals surface area contributed by atoms with Crippen LogP contribution in [0.25, 0.3) is 0 Å². The second-order valence-corrected chi connectivity index (χ2v) is 9.60. The van der Waals surface area contributed by atoms with E-state index in [-0.39, 0.29) is 24.5 Å². The molecule has 1 spiro atoms. The average Bonchev–Trinajstić information content (AvgIpc) is 3.16. The van der Waals surface area contributed by atoms with Gasteiger partial charge in [-0.05, 0) is 50.2 Å². The molecule has 5 nitrogen and oxygen atoms in total. The predicted molar refractivity (Wildman–Crippen MR) is 115 cm³/mol. The number of urea groups is 1. The molecule has 1 aromatic carbocycles. The highest BCUT2D eigenvalue weighted by Crippen LogP contribution is 2.49. The van der Waals surface area contributed by atoms with Gasteiger partial charge in [-0.3, -0.25) is 4.79 Å². The zero-order valence-corrected chi connectivity index (χ0v) is 19.5. The fraction of sp³-hybridized carbons (Fsp3) is 0.652. The van der Waals surface area contributed by atoms with E-state index in [1.54, 1.807) is 4.90 Å². The van der Waals surface area contributed by atoms with Gasteiger partial charge < -0.3 is 15.1 Å². The van der Waals surface area contributed by atoms with Gasteiger partial charge in [-0.2, -0.15) is 26.3 Å². The van der Waals surface area contributed by atoms with E-state index in [2.05, 4.69) is 5.32 Å². The third-order valence-electron chi connectivity index (χ3n) is 7.11. The highest BCUT2D eigenvalue weighted by atomic mass is 19.4. The number of carbonyl (C=O) groups excluding carboxylic acids is 2. The molecule has 2 aliphatic heterocycles. The topological polar surface area (TPSA) is 52.7 Å². The number of likely N-dealkylation sites (tertiary alicyclic amines) is 2. The maximum absolute atomic E-state index is 13.9. The van der Waals surface area contributed by atoms with Crippen molar-refractivity contribution in [1.29, 1.82) is 0 Å². The van der Waals surface area contributed by atoms with Crippen LogP contribution >= 0.6 is 0 Å². The van der Waals surface area contributed by atoms with Gasteiger partial charge in [0.15, 0.2) is 0 Å². The lowest BCUT2D eigenvalue weighted by atomic mass is 9.78. The zero-order chi connectivity index (χ0) is 26.2. The Labute approximate surface area is 198 Å². The first-order chi connectivity index (χ1) is 16.1. The summed E-state index contributed by atoms with van der Waals surface area (Å²) in [5.41, 5.74) is -3.12. The molecule has 2 heterocycles. The molecule has 1 N–H and O–H groups in total. The number of alkyl halides is 7. The second-order valence-electron chi connectivity index (χ2n) is 9.60. The normalized spacial score (nSPS) is 18.8. The monoisotopic (exact) mass is 511 g/mol. The maximum atomic E-state index is 13.9. The molecule has 0 saturated carbocycles. The number of hydrogen-bond acceptors (Lipinski definition) is 2. The van der Waals surface area contributed by atoms with E-state index in [0.29, 0.717) is 38.0 Å². The summed E-state index contributed by atoms with van der Waals surface area (Å²) in [6.45, 7) is 4.96. The summed E-state index contributed by atoms with van der Waals surface area (Å²) >= 11 is 0. The van der Waals surface area contributed by atoms with Crippen molar-refractivity contribution in [1.82, 2.24) is 9.80 Å². The van der Waals surface area contributed by atoms with Gasteiger partial charge in [0.2, 0.25) is 5.91 Å². The maximum Gasteiger partial charge on any atom is 0.431 e. The van der Waals surface area contributed by atoms with E-state index in [0.717, 1.165) is 11.1 Å². The SMILES string of the molecule is Cc1ccc(NC(=O)N2CCC3(CCN(C(=O)CCC(F)(C(F)(F)F)C(F)(F)F)C3)CC2)c(C)c1. The minimum absolute atomic E-state index is 0.162. The summed E-state index contributed by atoms with van der Waals surface area (Å²) < 4.78 is 90.3. The second kappa shape index (κ2) is 9.50. The van der Waals surface area contributed by atoms with Crippen LogP contribution in [0.15, 0.2) is 18.2 Å². The van der Waals surface area contributed by atoms with Crippen molar-refractivity contribution in [3.8, 4) is 0 Å². The number of hydrogen-bond donors (Lipinski definition) is 1. The van der Waals surface area contributed by atoms with Crippen LogP contribution in [-0.2, 0) is 4.79 Å². The third kappa shape index (κ3) is 5.66.